The molecule has 0 amide bonds. The Morgan fingerprint density at radius 3 is 2.45 bits per heavy atom. The van der Waals surface area contributed by atoms with Crippen LogP contribution in [0.3, 0.4) is 0 Å². The molecule has 0 heterocycles. The Morgan fingerprint density at radius 1 is 0.897 bits per heavy atom. The second kappa shape index (κ2) is 7.11. The van der Waals surface area contributed by atoms with Crippen LogP contribution < -0.4 is 0 Å². The molecule has 3 saturated carbocycles. The maximum Gasteiger partial charge on any atom is 0.159 e. The fourth-order valence-electron chi connectivity index (χ4n) is 7.44. The van der Waals surface area contributed by atoms with Crippen LogP contribution in [0.1, 0.15) is 65.2 Å². The molecular formula is C26H32O2S. The molecule has 4 aliphatic carbocycles. The van der Waals surface area contributed by atoms with Gasteiger partial charge < -0.3 is 0 Å². The molecule has 0 radical (unpaired) electrons. The lowest BCUT2D eigenvalue weighted by Crippen LogP contribution is -2.51. The zero-order valence-electron chi connectivity index (χ0n) is 17.7. The van der Waals surface area contributed by atoms with Gasteiger partial charge in [0.1, 0.15) is 5.78 Å². The van der Waals surface area contributed by atoms with Crippen LogP contribution in [0.4, 0.5) is 0 Å². The minimum absolute atomic E-state index is 0.0603. The predicted molar refractivity (Wildman–Crippen MR) is 118 cm³/mol. The molecule has 1 aromatic rings. The third-order valence-electron chi connectivity index (χ3n) is 9.08. The van der Waals surface area contributed by atoms with E-state index in [0.717, 1.165) is 49.9 Å². The van der Waals surface area contributed by atoms with Gasteiger partial charge in [-0.15, -0.1) is 11.8 Å². The molecule has 5 rings (SSSR count). The maximum atomic E-state index is 12.9. The van der Waals surface area contributed by atoms with Gasteiger partial charge in [0, 0.05) is 34.5 Å². The first kappa shape index (κ1) is 19.6. The van der Waals surface area contributed by atoms with Crippen molar-refractivity contribution in [2.75, 3.05) is 5.75 Å². The zero-order chi connectivity index (χ0) is 20.2. The summed E-state index contributed by atoms with van der Waals surface area (Å²) < 4.78 is 0. The molecular weight excluding hydrogens is 376 g/mol. The standard InChI is InChI=1S/C26H32O2S/c1-25-15-13-23(27)19(16-29-17-6-4-3-5-7-17)21(25)9-8-18-20-10-11-24(28)26(20,2)14-12-22(18)25/h3-7,18,20,22H,8-16H2,1-2H3/t18-,20-,22-,25-,26-/m0/s1. The van der Waals surface area contributed by atoms with Crippen molar-refractivity contribution < 1.29 is 9.59 Å². The van der Waals surface area contributed by atoms with Gasteiger partial charge in [-0.2, -0.15) is 0 Å². The summed E-state index contributed by atoms with van der Waals surface area (Å²) in [6.45, 7) is 4.71. The topological polar surface area (TPSA) is 34.1 Å². The van der Waals surface area contributed by atoms with Crippen LogP contribution in [0.2, 0.25) is 0 Å². The highest BCUT2D eigenvalue weighted by Gasteiger charge is 2.59. The summed E-state index contributed by atoms with van der Waals surface area (Å²) in [5.41, 5.74) is 2.71. The van der Waals surface area contributed by atoms with E-state index in [9.17, 15) is 9.59 Å². The molecule has 1 aromatic carbocycles. The number of Topliss-reactive ketones (excluding diaryl/α,β-unsaturated/α-hetero) is 2. The molecule has 0 unspecified atom stereocenters. The van der Waals surface area contributed by atoms with Crippen molar-refractivity contribution >= 4 is 23.3 Å². The molecule has 3 fully saturated rings. The van der Waals surface area contributed by atoms with E-state index < -0.39 is 0 Å². The van der Waals surface area contributed by atoms with Crippen molar-refractivity contribution in [1.29, 1.82) is 0 Å². The van der Waals surface area contributed by atoms with Crippen LogP contribution in [0, 0.1) is 28.6 Å². The van der Waals surface area contributed by atoms with Crippen LogP contribution >= 0.6 is 11.8 Å². The van der Waals surface area contributed by atoms with Crippen molar-refractivity contribution in [1.82, 2.24) is 0 Å². The van der Waals surface area contributed by atoms with E-state index >= 15 is 0 Å². The summed E-state index contributed by atoms with van der Waals surface area (Å²) in [7, 11) is 0. The van der Waals surface area contributed by atoms with E-state index in [1.54, 1.807) is 11.8 Å². The normalized spacial score (nSPS) is 39.2. The van der Waals surface area contributed by atoms with E-state index in [1.165, 1.54) is 16.9 Å². The third kappa shape index (κ3) is 2.99. The van der Waals surface area contributed by atoms with E-state index in [2.05, 4.69) is 38.1 Å². The Morgan fingerprint density at radius 2 is 1.66 bits per heavy atom. The van der Waals surface area contributed by atoms with Gasteiger partial charge in [0.05, 0.1) is 0 Å². The van der Waals surface area contributed by atoms with Crippen LogP contribution in [-0.2, 0) is 9.59 Å². The van der Waals surface area contributed by atoms with E-state index in [0.29, 0.717) is 35.7 Å². The first-order chi connectivity index (χ1) is 13.9. The minimum atomic E-state index is -0.0603. The Bertz CT molecular complexity index is 872. The van der Waals surface area contributed by atoms with Gasteiger partial charge in [-0.1, -0.05) is 37.6 Å². The molecule has 0 bridgehead atoms. The van der Waals surface area contributed by atoms with Gasteiger partial charge in [-0.3, -0.25) is 9.59 Å². The largest absolute Gasteiger partial charge is 0.299 e. The zero-order valence-corrected chi connectivity index (χ0v) is 18.5. The SMILES string of the molecule is C[C@]12CCC(=O)C(CSc3ccccc3)=C1CC[C@@H]1[C@@H]2CC[C@]2(C)C(=O)CC[C@@H]12. The number of rotatable bonds is 3. The molecule has 0 N–H and O–H groups in total. The second-order valence-corrected chi connectivity index (χ2v) is 11.3. The van der Waals surface area contributed by atoms with E-state index in [-0.39, 0.29) is 10.8 Å². The molecule has 154 valence electrons. The number of allylic oxidation sites excluding steroid dienone is 1. The van der Waals surface area contributed by atoms with Gasteiger partial charge >= 0.3 is 0 Å². The summed E-state index contributed by atoms with van der Waals surface area (Å²) in [4.78, 5) is 26.8. The number of carbonyl (C=O) groups is 2. The Hall–Kier alpha value is -1.35. The summed E-state index contributed by atoms with van der Waals surface area (Å²) in [5, 5.41) is 0. The van der Waals surface area contributed by atoms with Crippen molar-refractivity contribution in [3.63, 3.8) is 0 Å². The number of fused-ring (bicyclic) bond motifs is 5. The van der Waals surface area contributed by atoms with Crippen molar-refractivity contribution in [2.24, 2.45) is 28.6 Å². The number of thioether (sulfide) groups is 1. The molecule has 29 heavy (non-hydrogen) atoms. The molecule has 0 aliphatic heterocycles. The number of hydrogen-bond acceptors (Lipinski definition) is 3. The van der Waals surface area contributed by atoms with E-state index in [1.807, 2.05) is 6.07 Å². The molecule has 0 aromatic heterocycles. The summed E-state index contributed by atoms with van der Waals surface area (Å²) in [6.07, 6.45) is 8.07. The predicted octanol–water partition coefficient (Wildman–Crippen LogP) is 6.25. The van der Waals surface area contributed by atoms with Gasteiger partial charge in [-0.05, 0) is 73.8 Å². The van der Waals surface area contributed by atoms with Gasteiger partial charge in [0.2, 0.25) is 0 Å². The van der Waals surface area contributed by atoms with Crippen LogP contribution in [-0.4, -0.2) is 17.3 Å². The van der Waals surface area contributed by atoms with Gasteiger partial charge in [-0.25, -0.2) is 0 Å². The average Bonchev–Trinajstić information content (AvgIpc) is 3.03. The fourth-order valence-corrected chi connectivity index (χ4v) is 8.43. The van der Waals surface area contributed by atoms with Crippen molar-refractivity contribution in [3.8, 4) is 0 Å². The van der Waals surface area contributed by atoms with Gasteiger partial charge in [0.15, 0.2) is 5.78 Å². The second-order valence-electron chi connectivity index (χ2n) is 10.2. The van der Waals surface area contributed by atoms with Crippen LogP contribution in [0.25, 0.3) is 0 Å². The Labute approximate surface area is 178 Å². The fraction of sp³-hybridized carbons (Fsp3) is 0.615. The summed E-state index contributed by atoms with van der Waals surface area (Å²) in [6, 6.07) is 10.5. The quantitative estimate of drug-likeness (QED) is 0.554. The minimum Gasteiger partial charge on any atom is -0.299 e. The number of hydrogen-bond donors (Lipinski definition) is 0. The van der Waals surface area contributed by atoms with Crippen LogP contribution in [0.15, 0.2) is 46.4 Å². The molecule has 4 aliphatic rings. The molecule has 0 saturated heterocycles. The van der Waals surface area contributed by atoms with Crippen LogP contribution in [0.5, 0.6) is 0 Å². The number of carbonyl (C=O) groups excluding carboxylic acids is 2. The monoisotopic (exact) mass is 408 g/mol. The van der Waals surface area contributed by atoms with Gasteiger partial charge in [0.25, 0.3) is 0 Å². The Balaban J connectivity index is 1.45. The first-order valence-corrected chi connectivity index (χ1v) is 12.4. The highest BCUT2D eigenvalue weighted by Crippen LogP contribution is 2.65. The van der Waals surface area contributed by atoms with Crippen molar-refractivity contribution in [3.05, 3.63) is 41.5 Å². The van der Waals surface area contributed by atoms with E-state index in [4.69, 9.17) is 0 Å². The molecule has 0 spiro atoms. The first-order valence-electron chi connectivity index (χ1n) is 11.4. The smallest absolute Gasteiger partial charge is 0.159 e. The average molecular weight is 409 g/mol. The highest BCUT2D eigenvalue weighted by atomic mass is 32.2. The molecule has 5 atom stereocenters. The molecule has 3 heteroatoms. The third-order valence-corrected chi connectivity index (χ3v) is 10.1. The maximum absolute atomic E-state index is 12.9. The lowest BCUT2D eigenvalue weighted by atomic mass is 9.47. The summed E-state index contributed by atoms with van der Waals surface area (Å²) >= 11 is 1.81. The number of ketones is 2. The lowest BCUT2D eigenvalue weighted by molar-refractivity contribution is -0.132. The summed E-state index contributed by atoms with van der Waals surface area (Å²) in [5.74, 6) is 3.62. The van der Waals surface area contributed by atoms with Crippen molar-refractivity contribution in [2.45, 2.75) is 70.1 Å². The molecule has 2 nitrogen and oxygen atoms in total. The number of benzene rings is 1. The highest BCUT2D eigenvalue weighted by molar-refractivity contribution is 7.99. The Kier molecular flexibility index (Phi) is 4.81. The lowest BCUT2D eigenvalue weighted by Gasteiger charge is -2.57.